The summed E-state index contributed by atoms with van der Waals surface area (Å²) in [7, 11) is 0. The van der Waals surface area contributed by atoms with Crippen molar-refractivity contribution < 1.29 is 4.79 Å². The summed E-state index contributed by atoms with van der Waals surface area (Å²) in [5.74, 6) is -0.0389. The maximum Gasteiger partial charge on any atom is 0.256 e. The molecule has 2 N–H and O–H groups in total. The third kappa shape index (κ3) is 2.96. The first-order chi connectivity index (χ1) is 10.1. The number of benzene rings is 1. The highest BCUT2D eigenvalue weighted by atomic mass is 35.5. The van der Waals surface area contributed by atoms with E-state index in [0.29, 0.717) is 29.4 Å². The number of carbonyl (C=O) groups is 1. The molecule has 0 bridgehead atoms. The van der Waals surface area contributed by atoms with Gasteiger partial charge in [0.05, 0.1) is 5.56 Å². The summed E-state index contributed by atoms with van der Waals surface area (Å²) in [4.78, 5) is 20.8. The zero-order valence-electron chi connectivity index (χ0n) is 11.3. The number of amides is 1. The molecule has 0 unspecified atom stereocenters. The lowest BCUT2D eigenvalue weighted by molar-refractivity contribution is 0.0748. The van der Waals surface area contributed by atoms with Crippen molar-refractivity contribution in [2.24, 2.45) is 0 Å². The number of carbonyl (C=O) groups excluding carboxylic acids is 1. The van der Waals surface area contributed by atoms with Crippen LogP contribution in [0.25, 0.3) is 0 Å². The summed E-state index contributed by atoms with van der Waals surface area (Å²) < 4.78 is 0. The minimum atomic E-state index is -0.0389. The number of rotatable bonds is 2. The largest absolute Gasteiger partial charge is 0.398 e. The van der Waals surface area contributed by atoms with Gasteiger partial charge in [-0.2, -0.15) is 0 Å². The quantitative estimate of drug-likeness (QED) is 0.862. The van der Waals surface area contributed by atoms with Crippen molar-refractivity contribution in [3.63, 3.8) is 0 Å². The maximum atomic E-state index is 12.5. The molecule has 1 aromatic carbocycles. The van der Waals surface area contributed by atoms with Crippen molar-refractivity contribution in [3.05, 3.63) is 40.4 Å². The summed E-state index contributed by atoms with van der Waals surface area (Å²) >= 11 is 7.48. The van der Waals surface area contributed by atoms with Gasteiger partial charge in [0.25, 0.3) is 5.91 Å². The van der Waals surface area contributed by atoms with Crippen molar-refractivity contribution in [1.82, 2.24) is 9.88 Å². The second-order valence-corrected chi connectivity index (χ2v) is 6.13. The van der Waals surface area contributed by atoms with Gasteiger partial charge >= 0.3 is 0 Å². The van der Waals surface area contributed by atoms with Crippen molar-refractivity contribution in [1.29, 1.82) is 0 Å². The number of nitrogens with two attached hydrogens (primary N) is 1. The Morgan fingerprint density at radius 2 is 2.05 bits per heavy atom. The maximum absolute atomic E-state index is 12.5. The second kappa shape index (κ2) is 5.91. The first kappa shape index (κ1) is 14.2. The van der Waals surface area contributed by atoms with Crippen LogP contribution in [0.5, 0.6) is 0 Å². The zero-order chi connectivity index (χ0) is 14.8. The smallest absolute Gasteiger partial charge is 0.256 e. The van der Waals surface area contributed by atoms with Crippen LogP contribution < -0.4 is 10.6 Å². The van der Waals surface area contributed by atoms with Crippen LogP contribution in [0.1, 0.15) is 10.4 Å². The lowest BCUT2D eigenvalue weighted by Gasteiger charge is -2.34. The number of halogens is 1. The van der Waals surface area contributed by atoms with E-state index in [1.807, 2.05) is 10.3 Å². The van der Waals surface area contributed by atoms with Gasteiger partial charge in [0, 0.05) is 48.5 Å². The number of thiazole rings is 1. The predicted octanol–water partition coefficient (Wildman–Crippen LogP) is 2.34. The lowest BCUT2D eigenvalue weighted by Crippen LogP contribution is -2.48. The molecule has 0 radical (unpaired) electrons. The number of nitrogens with zero attached hydrogens (tertiary/aromatic N) is 3. The highest BCUT2D eigenvalue weighted by Gasteiger charge is 2.24. The fourth-order valence-corrected chi connectivity index (χ4v) is 3.25. The Bertz CT molecular complexity index is 638. The molecule has 0 aliphatic carbocycles. The van der Waals surface area contributed by atoms with Gasteiger partial charge in [-0.1, -0.05) is 11.6 Å². The third-order valence-corrected chi connectivity index (χ3v) is 4.57. The molecule has 1 fully saturated rings. The number of aromatic nitrogens is 1. The van der Waals surface area contributed by atoms with Gasteiger partial charge in [0.2, 0.25) is 0 Å². The molecule has 2 aromatic rings. The Hall–Kier alpha value is -1.79. The summed E-state index contributed by atoms with van der Waals surface area (Å²) in [5, 5.41) is 3.51. The Labute approximate surface area is 131 Å². The van der Waals surface area contributed by atoms with Crippen molar-refractivity contribution >= 4 is 39.7 Å². The van der Waals surface area contributed by atoms with E-state index in [-0.39, 0.29) is 5.91 Å². The van der Waals surface area contributed by atoms with E-state index in [4.69, 9.17) is 17.3 Å². The van der Waals surface area contributed by atoms with Gasteiger partial charge in [0.15, 0.2) is 5.13 Å². The molecule has 110 valence electrons. The van der Waals surface area contributed by atoms with E-state index < -0.39 is 0 Å². The molecule has 0 spiro atoms. The number of anilines is 2. The van der Waals surface area contributed by atoms with Crippen LogP contribution in [0, 0.1) is 0 Å². The molecule has 1 aromatic heterocycles. The molecule has 21 heavy (non-hydrogen) atoms. The van der Waals surface area contributed by atoms with Gasteiger partial charge in [-0.3, -0.25) is 4.79 Å². The average Bonchev–Trinajstić information content (AvgIpc) is 3.01. The van der Waals surface area contributed by atoms with E-state index in [0.717, 1.165) is 18.2 Å². The van der Waals surface area contributed by atoms with Crippen molar-refractivity contribution in [2.45, 2.75) is 0 Å². The summed E-state index contributed by atoms with van der Waals surface area (Å²) in [6.45, 7) is 2.90. The first-order valence-corrected chi connectivity index (χ1v) is 7.89. The van der Waals surface area contributed by atoms with Crippen LogP contribution in [0.2, 0.25) is 5.02 Å². The van der Waals surface area contributed by atoms with Gasteiger partial charge in [0.1, 0.15) is 0 Å². The molecule has 5 nitrogen and oxygen atoms in total. The first-order valence-electron chi connectivity index (χ1n) is 6.64. The molecular weight excluding hydrogens is 308 g/mol. The fourth-order valence-electron chi connectivity index (χ4n) is 2.37. The second-order valence-electron chi connectivity index (χ2n) is 4.83. The van der Waals surface area contributed by atoms with Gasteiger partial charge in [-0.25, -0.2) is 4.98 Å². The fraction of sp³-hybridized carbons (Fsp3) is 0.286. The van der Waals surface area contributed by atoms with E-state index in [1.165, 1.54) is 0 Å². The normalized spacial score (nSPS) is 15.3. The zero-order valence-corrected chi connectivity index (χ0v) is 12.9. The average molecular weight is 323 g/mol. The highest BCUT2D eigenvalue weighted by Crippen LogP contribution is 2.22. The third-order valence-electron chi connectivity index (χ3n) is 3.50. The Morgan fingerprint density at radius 3 is 2.67 bits per heavy atom. The molecule has 1 amide bonds. The van der Waals surface area contributed by atoms with E-state index >= 15 is 0 Å². The van der Waals surface area contributed by atoms with Crippen LogP contribution in [0.3, 0.4) is 0 Å². The van der Waals surface area contributed by atoms with Crippen LogP contribution in [0.15, 0.2) is 29.8 Å². The van der Waals surface area contributed by atoms with Crippen LogP contribution >= 0.6 is 22.9 Å². The molecule has 1 saturated heterocycles. The van der Waals surface area contributed by atoms with Crippen LogP contribution in [-0.2, 0) is 0 Å². The summed E-state index contributed by atoms with van der Waals surface area (Å²) in [5.41, 5.74) is 6.82. The van der Waals surface area contributed by atoms with E-state index in [9.17, 15) is 4.79 Å². The van der Waals surface area contributed by atoms with E-state index in [1.54, 1.807) is 35.7 Å². The summed E-state index contributed by atoms with van der Waals surface area (Å²) in [6.07, 6.45) is 1.80. The standard InChI is InChI=1S/C14H15ClN4OS/c15-10-1-2-11(12(16)9-10)13(20)18-4-6-19(7-5-18)14-17-3-8-21-14/h1-3,8-9H,4-7,16H2. The molecule has 1 aliphatic heterocycles. The number of hydrogen-bond acceptors (Lipinski definition) is 5. The molecule has 1 aliphatic rings. The topological polar surface area (TPSA) is 62.5 Å². The molecule has 7 heteroatoms. The lowest BCUT2D eigenvalue weighted by atomic mass is 10.1. The monoisotopic (exact) mass is 322 g/mol. The Kier molecular flexibility index (Phi) is 3.98. The van der Waals surface area contributed by atoms with Gasteiger partial charge in [-0.15, -0.1) is 11.3 Å². The number of hydrogen-bond donors (Lipinski definition) is 1. The number of nitrogen functional groups attached to an aromatic ring is 1. The molecule has 2 heterocycles. The van der Waals surface area contributed by atoms with Gasteiger partial charge < -0.3 is 15.5 Å². The van der Waals surface area contributed by atoms with Crippen LogP contribution in [-0.4, -0.2) is 42.0 Å². The number of piperazine rings is 1. The predicted molar refractivity (Wildman–Crippen MR) is 86.1 cm³/mol. The Morgan fingerprint density at radius 1 is 1.29 bits per heavy atom. The Balaban J connectivity index is 1.67. The summed E-state index contributed by atoms with van der Waals surface area (Å²) in [6, 6.07) is 4.99. The van der Waals surface area contributed by atoms with E-state index in [2.05, 4.69) is 9.88 Å². The molecule has 0 saturated carbocycles. The molecular formula is C14H15ClN4OS. The van der Waals surface area contributed by atoms with Crippen LogP contribution in [0.4, 0.5) is 10.8 Å². The minimum absolute atomic E-state index is 0.0389. The molecule has 0 atom stereocenters. The molecule has 3 rings (SSSR count). The van der Waals surface area contributed by atoms with Crippen molar-refractivity contribution in [3.8, 4) is 0 Å². The minimum Gasteiger partial charge on any atom is -0.398 e. The van der Waals surface area contributed by atoms with Crippen molar-refractivity contribution in [2.75, 3.05) is 36.8 Å². The highest BCUT2D eigenvalue weighted by molar-refractivity contribution is 7.13. The van der Waals surface area contributed by atoms with Gasteiger partial charge in [-0.05, 0) is 18.2 Å². The SMILES string of the molecule is Nc1cc(Cl)ccc1C(=O)N1CCN(c2nccs2)CC1.